The Balaban J connectivity index is 1.94. The van der Waals surface area contributed by atoms with Gasteiger partial charge in [-0.2, -0.15) is 0 Å². The highest BCUT2D eigenvalue weighted by Gasteiger charge is 2.21. The van der Waals surface area contributed by atoms with Crippen molar-refractivity contribution in [1.82, 2.24) is 5.32 Å². The molecule has 0 bridgehead atoms. The van der Waals surface area contributed by atoms with Gasteiger partial charge in [-0.05, 0) is 31.2 Å². The molecule has 0 fully saturated rings. The minimum atomic E-state index is -3.37. The molecule has 1 atom stereocenters. The summed E-state index contributed by atoms with van der Waals surface area (Å²) in [7, 11) is -3.37. The molecule has 0 aromatic heterocycles. The molecule has 0 radical (unpaired) electrons. The van der Waals surface area contributed by atoms with Crippen molar-refractivity contribution in [3.05, 3.63) is 28.2 Å². The van der Waals surface area contributed by atoms with Crippen LogP contribution in [-0.2, 0) is 10.0 Å². The van der Waals surface area contributed by atoms with Crippen molar-refractivity contribution in [2.75, 3.05) is 18.9 Å². The van der Waals surface area contributed by atoms with E-state index in [1.165, 1.54) is 0 Å². The third kappa shape index (κ3) is 4.45. The second-order valence-corrected chi connectivity index (χ2v) is 7.20. The van der Waals surface area contributed by atoms with Crippen LogP contribution in [0.3, 0.4) is 0 Å². The van der Waals surface area contributed by atoms with Crippen molar-refractivity contribution >= 4 is 26.0 Å². The van der Waals surface area contributed by atoms with Gasteiger partial charge in [-0.25, -0.2) is 13.6 Å². The fourth-order valence-electron chi connectivity index (χ4n) is 2.13. The van der Waals surface area contributed by atoms with E-state index < -0.39 is 10.0 Å². The van der Waals surface area contributed by atoms with E-state index in [1.807, 2.05) is 18.2 Å². The van der Waals surface area contributed by atoms with Crippen molar-refractivity contribution in [2.45, 2.75) is 18.9 Å². The lowest BCUT2D eigenvalue weighted by Gasteiger charge is -2.27. The van der Waals surface area contributed by atoms with Crippen LogP contribution in [0.4, 0.5) is 0 Å². The maximum atomic E-state index is 10.8. The second-order valence-electron chi connectivity index (χ2n) is 4.55. The van der Waals surface area contributed by atoms with Crippen molar-refractivity contribution in [3.8, 4) is 5.75 Å². The number of sulfonamides is 1. The van der Waals surface area contributed by atoms with E-state index >= 15 is 0 Å². The van der Waals surface area contributed by atoms with Crippen molar-refractivity contribution < 1.29 is 13.2 Å². The zero-order valence-electron chi connectivity index (χ0n) is 10.4. The van der Waals surface area contributed by atoms with Gasteiger partial charge in [-0.3, -0.25) is 0 Å². The Hall–Kier alpha value is -0.630. The third-order valence-electron chi connectivity index (χ3n) is 3.01. The molecule has 1 aliphatic rings. The van der Waals surface area contributed by atoms with Gasteiger partial charge in [0.05, 0.1) is 12.4 Å². The largest absolute Gasteiger partial charge is 0.493 e. The number of fused-ring (bicyclic) bond motifs is 1. The van der Waals surface area contributed by atoms with E-state index in [9.17, 15) is 8.42 Å². The summed E-state index contributed by atoms with van der Waals surface area (Å²) in [5.74, 6) is 0.896. The first kappa shape index (κ1) is 14.8. The summed E-state index contributed by atoms with van der Waals surface area (Å²) in [4.78, 5) is 0. The zero-order chi connectivity index (χ0) is 13.9. The Bertz CT molecular complexity index is 548. The van der Waals surface area contributed by atoms with E-state index in [-0.39, 0.29) is 11.8 Å². The van der Waals surface area contributed by atoms with Crippen LogP contribution in [0.1, 0.15) is 24.4 Å². The van der Waals surface area contributed by atoms with E-state index in [4.69, 9.17) is 9.88 Å². The SMILES string of the molecule is NS(=O)(=O)CCCNC1CCOc2ccc(Br)cc21. The molecule has 5 nitrogen and oxygen atoms in total. The summed E-state index contributed by atoms with van der Waals surface area (Å²) < 4.78 is 28.3. The summed E-state index contributed by atoms with van der Waals surface area (Å²) in [6, 6.07) is 6.12. The van der Waals surface area contributed by atoms with Crippen molar-refractivity contribution in [3.63, 3.8) is 0 Å². The lowest BCUT2D eigenvalue weighted by Crippen LogP contribution is -2.29. The molecule has 1 heterocycles. The maximum absolute atomic E-state index is 10.8. The normalized spacial score (nSPS) is 18.7. The molecule has 2 rings (SSSR count). The highest BCUT2D eigenvalue weighted by Crippen LogP contribution is 2.33. The minimum Gasteiger partial charge on any atom is -0.493 e. The quantitative estimate of drug-likeness (QED) is 0.790. The van der Waals surface area contributed by atoms with Gasteiger partial charge in [-0.1, -0.05) is 15.9 Å². The lowest BCUT2D eigenvalue weighted by molar-refractivity contribution is 0.253. The Kier molecular flexibility index (Phi) is 4.83. The van der Waals surface area contributed by atoms with Crippen LogP contribution in [0, 0.1) is 0 Å². The fraction of sp³-hybridized carbons (Fsp3) is 0.500. The summed E-state index contributed by atoms with van der Waals surface area (Å²) in [6.07, 6.45) is 1.39. The smallest absolute Gasteiger partial charge is 0.209 e. The van der Waals surface area contributed by atoms with Crippen LogP contribution in [0.2, 0.25) is 0 Å². The highest BCUT2D eigenvalue weighted by atomic mass is 79.9. The standard InChI is InChI=1S/C12H17BrN2O3S/c13-9-2-3-12-10(8-9)11(4-6-18-12)15-5-1-7-19(14,16)17/h2-3,8,11,15H,1,4-7H2,(H2,14,16,17). The fourth-order valence-corrected chi connectivity index (χ4v) is 3.05. The van der Waals surface area contributed by atoms with E-state index in [2.05, 4.69) is 21.2 Å². The van der Waals surface area contributed by atoms with Crippen LogP contribution >= 0.6 is 15.9 Å². The van der Waals surface area contributed by atoms with Gasteiger partial charge < -0.3 is 10.1 Å². The summed E-state index contributed by atoms with van der Waals surface area (Å²) in [6.45, 7) is 1.29. The number of nitrogens with two attached hydrogens (primary N) is 1. The van der Waals surface area contributed by atoms with Gasteiger partial charge in [0.1, 0.15) is 5.75 Å². The second kappa shape index (κ2) is 6.21. The number of halogens is 1. The molecular formula is C12H17BrN2O3S. The molecule has 0 saturated carbocycles. The Morgan fingerprint density at radius 1 is 1.47 bits per heavy atom. The average molecular weight is 349 g/mol. The molecule has 0 spiro atoms. The van der Waals surface area contributed by atoms with E-state index in [1.54, 1.807) is 0 Å². The number of nitrogens with one attached hydrogen (secondary N) is 1. The number of benzene rings is 1. The number of hydrogen-bond acceptors (Lipinski definition) is 4. The first-order valence-corrected chi connectivity index (χ1v) is 8.63. The molecular weight excluding hydrogens is 332 g/mol. The molecule has 106 valence electrons. The van der Waals surface area contributed by atoms with Crippen LogP contribution in [0.15, 0.2) is 22.7 Å². The van der Waals surface area contributed by atoms with Crippen LogP contribution < -0.4 is 15.2 Å². The molecule has 7 heteroatoms. The highest BCUT2D eigenvalue weighted by molar-refractivity contribution is 9.10. The van der Waals surface area contributed by atoms with Gasteiger partial charge in [0.15, 0.2) is 0 Å². The predicted octanol–water partition coefficient (Wildman–Crippen LogP) is 1.54. The Morgan fingerprint density at radius 2 is 2.26 bits per heavy atom. The number of ether oxygens (including phenoxy) is 1. The maximum Gasteiger partial charge on any atom is 0.209 e. The van der Waals surface area contributed by atoms with Crippen LogP contribution in [0.5, 0.6) is 5.75 Å². The van der Waals surface area contributed by atoms with Gasteiger partial charge in [0.25, 0.3) is 0 Å². The predicted molar refractivity (Wildman–Crippen MR) is 77.6 cm³/mol. The molecule has 1 aromatic rings. The number of rotatable bonds is 5. The van der Waals surface area contributed by atoms with Crippen LogP contribution in [-0.4, -0.2) is 27.3 Å². The van der Waals surface area contributed by atoms with Gasteiger partial charge in [0.2, 0.25) is 10.0 Å². The Morgan fingerprint density at radius 3 is 3.00 bits per heavy atom. The number of hydrogen-bond donors (Lipinski definition) is 2. The average Bonchev–Trinajstić information content (AvgIpc) is 2.33. The van der Waals surface area contributed by atoms with Crippen molar-refractivity contribution in [1.29, 1.82) is 0 Å². The van der Waals surface area contributed by atoms with Gasteiger partial charge in [0, 0.05) is 22.5 Å². The molecule has 1 unspecified atom stereocenters. The van der Waals surface area contributed by atoms with Gasteiger partial charge in [-0.15, -0.1) is 0 Å². The monoisotopic (exact) mass is 348 g/mol. The molecule has 19 heavy (non-hydrogen) atoms. The molecule has 0 saturated heterocycles. The van der Waals surface area contributed by atoms with E-state index in [0.29, 0.717) is 19.6 Å². The lowest BCUT2D eigenvalue weighted by atomic mass is 10.0. The van der Waals surface area contributed by atoms with E-state index in [0.717, 1.165) is 22.2 Å². The number of primary sulfonamides is 1. The first-order valence-electron chi connectivity index (χ1n) is 6.12. The topological polar surface area (TPSA) is 81.4 Å². The minimum absolute atomic E-state index is 0.00849. The summed E-state index contributed by atoms with van der Waals surface area (Å²) in [5.41, 5.74) is 1.11. The van der Waals surface area contributed by atoms with Crippen LogP contribution in [0.25, 0.3) is 0 Å². The zero-order valence-corrected chi connectivity index (χ0v) is 12.8. The molecule has 0 amide bonds. The summed E-state index contributed by atoms with van der Waals surface area (Å²) >= 11 is 3.45. The third-order valence-corrected chi connectivity index (χ3v) is 4.36. The molecule has 1 aromatic carbocycles. The molecule has 0 aliphatic carbocycles. The van der Waals surface area contributed by atoms with Gasteiger partial charge >= 0.3 is 0 Å². The molecule has 1 aliphatic heterocycles. The molecule has 3 N–H and O–H groups in total. The first-order chi connectivity index (χ1) is 8.96. The Labute approximate surface area is 121 Å². The van der Waals surface area contributed by atoms with Crippen molar-refractivity contribution in [2.24, 2.45) is 5.14 Å². The summed E-state index contributed by atoms with van der Waals surface area (Å²) in [5, 5.41) is 8.33.